The lowest BCUT2D eigenvalue weighted by atomic mass is 10.1. The highest BCUT2D eigenvalue weighted by molar-refractivity contribution is 14.1. The van der Waals surface area contributed by atoms with Crippen molar-refractivity contribution in [2.24, 2.45) is 0 Å². The highest BCUT2D eigenvalue weighted by atomic mass is 127. The molecule has 0 saturated heterocycles. The van der Waals surface area contributed by atoms with E-state index in [1.807, 2.05) is 50.3 Å². The second-order valence-corrected chi connectivity index (χ2v) is 5.88. The monoisotopic (exact) mass is 393 g/mol. The van der Waals surface area contributed by atoms with Gasteiger partial charge in [-0.3, -0.25) is 4.90 Å². The highest BCUT2D eigenvalue weighted by Gasteiger charge is 2.32. The molecule has 0 amide bonds. The summed E-state index contributed by atoms with van der Waals surface area (Å²) in [5.74, 6) is -0.747. The molecule has 0 saturated carbocycles. The van der Waals surface area contributed by atoms with Crippen LogP contribution in [0, 0.1) is 9.39 Å². The van der Waals surface area contributed by atoms with Crippen LogP contribution in [-0.4, -0.2) is 29.7 Å². The first-order valence-electron chi connectivity index (χ1n) is 6.81. The number of esters is 1. The third kappa shape index (κ3) is 3.91. The van der Waals surface area contributed by atoms with Crippen molar-refractivity contribution in [1.82, 2.24) is 4.90 Å². The van der Waals surface area contributed by atoms with Crippen molar-refractivity contribution in [1.29, 1.82) is 0 Å². The van der Waals surface area contributed by atoms with Crippen LogP contribution in [0.3, 0.4) is 0 Å². The second-order valence-electron chi connectivity index (χ2n) is 4.72. The summed E-state index contributed by atoms with van der Waals surface area (Å²) in [5, 5.41) is 0. The van der Waals surface area contributed by atoms with Crippen LogP contribution in [-0.2, 0) is 4.74 Å². The molecule has 1 rings (SSSR count). The van der Waals surface area contributed by atoms with Crippen molar-refractivity contribution < 1.29 is 13.9 Å². The molecule has 0 aliphatic rings. The number of carbonyl (C=O) groups excluding carboxylic acids is 1. The van der Waals surface area contributed by atoms with E-state index in [1.54, 1.807) is 0 Å². The van der Waals surface area contributed by atoms with Gasteiger partial charge in [0.25, 0.3) is 0 Å². The van der Waals surface area contributed by atoms with Gasteiger partial charge >= 0.3 is 5.97 Å². The molecule has 5 heteroatoms. The van der Waals surface area contributed by atoms with Crippen molar-refractivity contribution in [3.63, 3.8) is 0 Å². The minimum atomic E-state index is -0.638. The minimum Gasteiger partial charge on any atom is -0.440 e. The standard InChI is InChI=1S/C15H21FINO2/c1-5-15(4,18(6-2)7-3)20-14(19)11-8-9-12(16)13(17)10-11/h8-10H,5-7H2,1-4H3. The summed E-state index contributed by atoms with van der Waals surface area (Å²) in [6.07, 6.45) is 0.693. The summed E-state index contributed by atoms with van der Waals surface area (Å²) in [7, 11) is 0. The van der Waals surface area contributed by atoms with Gasteiger partial charge in [-0.25, -0.2) is 9.18 Å². The maximum absolute atomic E-state index is 13.2. The van der Waals surface area contributed by atoms with Gasteiger partial charge in [0.15, 0.2) is 5.72 Å². The van der Waals surface area contributed by atoms with Crippen LogP contribution in [0.1, 0.15) is 44.5 Å². The first-order valence-corrected chi connectivity index (χ1v) is 7.89. The smallest absolute Gasteiger partial charge is 0.339 e. The largest absolute Gasteiger partial charge is 0.440 e. The minimum absolute atomic E-state index is 0.329. The molecule has 112 valence electrons. The lowest BCUT2D eigenvalue weighted by Gasteiger charge is -2.38. The van der Waals surface area contributed by atoms with Crippen LogP contribution in [0.5, 0.6) is 0 Å². The third-order valence-electron chi connectivity index (χ3n) is 3.56. The molecule has 1 aromatic rings. The summed E-state index contributed by atoms with van der Waals surface area (Å²) >= 11 is 1.86. The van der Waals surface area contributed by atoms with Gasteiger partial charge in [-0.05, 0) is 67.2 Å². The first-order chi connectivity index (χ1) is 9.37. The van der Waals surface area contributed by atoms with Crippen molar-refractivity contribution >= 4 is 28.6 Å². The SMILES string of the molecule is CCN(CC)C(C)(CC)OC(=O)c1ccc(F)c(I)c1. The Bertz CT molecular complexity index is 477. The molecule has 1 aromatic carbocycles. The summed E-state index contributed by atoms with van der Waals surface area (Å²) in [6.45, 7) is 9.56. The molecule has 1 atom stereocenters. The molecule has 0 aliphatic heterocycles. The van der Waals surface area contributed by atoms with E-state index in [0.29, 0.717) is 15.6 Å². The lowest BCUT2D eigenvalue weighted by molar-refractivity contribution is -0.105. The molecule has 0 aromatic heterocycles. The molecule has 0 aliphatic carbocycles. The molecule has 3 nitrogen and oxygen atoms in total. The second kappa shape index (κ2) is 7.36. The van der Waals surface area contributed by atoms with Gasteiger partial charge in [0.05, 0.1) is 5.56 Å². The fourth-order valence-electron chi connectivity index (χ4n) is 2.13. The summed E-state index contributed by atoms with van der Waals surface area (Å²) in [4.78, 5) is 14.3. The van der Waals surface area contributed by atoms with Crippen LogP contribution in [0.25, 0.3) is 0 Å². The zero-order chi connectivity index (χ0) is 15.3. The Morgan fingerprint density at radius 2 is 1.95 bits per heavy atom. The predicted octanol–water partition coefficient (Wildman–Crippen LogP) is 4.06. The molecular weight excluding hydrogens is 372 g/mol. The van der Waals surface area contributed by atoms with Crippen molar-refractivity contribution in [2.45, 2.75) is 39.8 Å². The molecule has 1 unspecified atom stereocenters. The number of hydrogen-bond acceptors (Lipinski definition) is 3. The third-order valence-corrected chi connectivity index (χ3v) is 4.38. The number of nitrogens with zero attached hydrogens (tertiary/aromatic N) is 1. The van der Waals surface area contributed by atoms with E-state index in [4.69, 9.17) is 4.74 Å². The summed E-state index contributed by atoms with van der Waals surface area (Å²) in [5.41, 5.74) is -0.261. The maximum atomic E-state index is 13.2. The molecule has 0 fully saturated rings. The van der Waals surface area contributed by atoms with E-state index in [-0.39, 0.29) is 5.82 Å². The van der Waals surface area contributed by atoms with Crippen LogP contribution < -0.4 is 0 Å². The van der Waals surface area contributed by atoms with E-state index in [0.717, 1.165) is 13.1 Å². The van der Waals surface area contributed by atoms with E-state index in [2.05, 4.69) is 4.90 Å². The van der Waals surface area contributed by atoms with Gasteiger partial charge in [0.1, 0.15) is 5.82 Å². The van der Waals surface area contributed by atoms with Gasteiger partial charge in [-0.2, -0.15) is 0 Å². The van der Waals surface area contributed by atoms with Gasteiger partial charge in [0.2, 0.25) is 0 Å². The Balaban J connectivity index is 2.94. The van der Waals surface area contributed by atoms with E-state index < -0.39 is 11.7 Å². The number of carbonyl (C=O) groups is 1. The zero-order valence-corrected chi connectivity index (χ0v) is 14.5. The fourth-order valence-corrected chi connectivity index (χ4v) is 2.65. The van der Waals surface area contributed by atoms with Crippen LogP contribution in [0.2, 0.25) is 0 Å². The number of benzene rings is 1. The molecule has 0 heterocycles. The molecule has 0 radical (unpaired) electrons. The van der Waals surface area contributed by atoms with Gasteiger partial charge in [-0.1, -0.05) is 20.8 Å². The van der Waals surface area contributed by atoms with Crippen molar-refractivity contribution in [2.75, 3.05) is 13.1 Å². The fraction of sp³-hybridized carbons (Fsp3) is 0.533. The normalized spacial score (nSPS) is 14.2. The Morgan fingerprint density at radius 1 is 1.35 bits per heavy atom. The quantitative estimate of drug-likeness (QED) is 0.415. The first kappa shape index (κ1) is 17.4. The molecule has 20 heavy (non-hydrogen) atoms. The van der Waals surface area contributed by atoms with Crippen LogP contribution >= 0.6 is 22.6 Å². The Kier molecular flexibility index (Phi) is 6.39. The van der Waals surface area contributed by atoms with E-state index in [9.17, 15) is 9.18 Å². The van der Waals surface area contributed by atoms with Crippen molar-refractivity contribution in [3.05, 3.63) is 33.1 Å². The molecule has 0 N–H and O–H groups in total. The average molecular weight is 393 g/mol. The number of rotatable bonds is 6. The Hall–Kier alpha value is -0.690. The molecule has 0 bridgehead atoms. The van der Waals surface area contributed by atoms with E-state index in [1.165, 1.54) is 18.2 Å². The highest BCUT2D eigenvalue weighted by Crippen LogP contribution is 2.23. The number of ether oxygens (including phenoxy) is 1. The lowest BCUT2D eigenvalue weighted by Crippen LogP contribution is -2.49. The summed E-state index contributed by atoms with van der Waals surface area (Å²) in [6, 6.07) is 4.26. The maximum Gasteiger partial charge on any atom is 0.339 e. The number of halogens is 2. The average Bonchev–Trinajstić information content (AvgIpc) is 2.43. The van der Waals surface area contributed by atoms with Crippen molar-refractivity contribution in [3.8, 4) is 0 Å². The molecular formula is C15H21FINO2. The Labute approximate surface area is 133 Å². The topological polar surface area (TPSA) is 29.5 Å². The Morgan fingerprint density at radius 3 is 2.40 bits per heavy atom. The van der Waals surface area contributed by atoms with E-state index >= 15 is 0 Å². The van der Waals surface area contributed by atoms with Gasteiger partial charge in [0, 0.05) is 3.57 Å². The summed E-state index contributed by atoms with van der Waals surface area (Å²) < 4.78 is 19.3. The van der Waals surface area contributed by atoms with Crippen LogP contribution in [0.4, 0.5) is 4.39 Å². The molecule has 0 spiro atoms. The zero-order valence-electron chi connectivity index (χ0n) is 12.4. The number of hydrogen-bond donors (Lipinski definition) is 0. The van der Waals surface area contributed by atoms with Gasteiger partial charge in [-0.15, -0.1) is 0 Å². The predicted molar refractivity (Wildman–Crippen MR) is 86.1 cm³/mol. The van der Waals surface area contributed by atoms with Gasteiger partial charge < -0.3 is 4.74 Å². The van der Waals surface area contributed by atoms with Crippen LogP contribution in [0.15, 0.2) is 18.2 Å².